The van der Waals surface area contributed by atoms with Crippen LogP contribution >= 0.6 is 0 Å². The topological polar surface area (TPSA) is 385 Å². The van der Waals surface area contributed by atoms with Gasteiger partial charge in [-0.1, -0.05) is 68.3 Å². The average Bonchev–Trinajstić information content (AvgIpc) is 4.04. The Balaban J connectivity index is 1.55. The van der Waals surface area contributed by atoms with Crippen LogP contribution in [0.5, 0.6) is 0 Å². The highest BCUT2D eigenvalue weighted by molar-refractivity contribution is 5.99. The second-order valence-corrected chi connectivity index (χ2v) is 18.2. The summed E-state index contributed by atoms with van der Waals surface area (Å²) in [5.41, 5.74) is 19.4. The van der Waals surface area contributed by atoms with Gasteiger partial charge in [-0.25, -0.2) is 4.98 Å². The normalized spacial score (nSPS) is 21.3. The van der Waals surface area contributed by atoms with Crippen molar-refractivity contribution in [2.45, 2.75) is 133 Å². The van der Waals surface area contributed by atoms with Crippen LogP contribution in [-0.4, -0.2) is 129 Å². The van der Waals surface area contributed by atoms with Crippen LogP contribution in [0.1, 0.15) is 88.5 Å². The van der Waals surface area contributed by atoms with E-state index in [0.29, 0.717) is 29.7 Å². The minimum atomic E-state index is -1.58. The Morgan fingerprint density at radius 3 is 2.08 bits per heavy atom. The minimum Gasteiger partial charge on any atom is -0.370 e. The van der Waals surface area contributed by atoms with Crippen molar-refractivity contribution in [2.24, 2.45) is 22.2 Å². The van der Waals surface area contributed by atoms with Crippen molar-refractivity contribution in [3.8, 4) is 0 Å². The fourth-order valence-electron chi connectivity index (χ4n) is 8.40. The van der Waals surface area contributed by atoms with E-state index in [2.05, 4.69) is 62.5 Å². The second-order valence-electron chi connectivity index (χ2n) is 18.2. The van der Waals surface area contributed by atoms with Gasteiger partial charge in [-0.15, -0.1) is 0 Å². The van der Waals surface area contributed by atoms with E-state index in [0.717, 1.165) is 10.9 Å². The van der Waals surface area contributed by atoms with Gasteiger partial charge < -0.3 is 69.7 Å². The lowest BCUT2D eigenvalue weighted by Crippen LogP contribution is -2.61. The van der Waals surface area contributed by atoms with Crippen molar-refractivity contribution in [3.05, 3.63) is 90.1 Å². The molecule has 1 unspecified atom stereocenters. The highest BCUT2D eigenvalue weighted by atomic mass is 16.2. The molecule has 7 atom stereocenters. The van der Waals surface area contributed by atoms with Gasteiger partial charge in [-0.3, -0.25) is 48.1 Å². The number of hydrogen-bond acceptors (Lipinski definition) is 11. The molecule has 4 aromatic rings. The van der Waals surface area contributed by atoms with E-state index >= 15 is 0 Å². The van der Waals surface area contributed by atoms with Crippen molar-refractivity contribution in [3.63, 3.8) is 0 Å². The molecule has 1 fully saturated rings. The van der Waals surface area contributed by atoms with Gasteiger partial charge in [0, 0.05) is 68.3 Å². The zero-order valence-corrected chi connectivity index (χ0v) is 41.7. The highest BCUT2D eigenvalue weighted by Crippen LogP contribution is 2.20. The number of amides is 9. The zero-order chi connectivity index (χ0) is 53.6. The maximum atomic E-state index is 14.7. The quantitative estimate of drug-likeness (QED) is 0.0335. The summed E-state index contributed by atoms with van der Waals surface area (Å²) < 4.78 is 0. The van der Waals surface area contributed by atoms with Gasteiger partial charge in [0.1, 0.15) is 42.3 Å². The van der Waals surface area contributed by atoms with Crippen molar-refractivity contribution in [1.29, 1.82) is 0 Å². The molecule has 0 spiro atoms. The number of primary amides is 1. The molecule has 2 aromatic heterocycles. The largest absolute Gasteiger partial charge is 0.370 e. The number of imidazole rings is 1. The van der Waals surface area contributed by atoms with Crippen LogP contribution in [0.25, 0.3) is 10.9 Å². The minimum absolute atomic E-state index is 0.0408. The Bertz CT molecular complexity index is 2580. The number of carbonyl (C=O) groups is 9. The Kier molecular flexibility index (Phi) is 21.9. The van der Waals surface area contributed by atoms with Crippen LogP contribution in [0.3, 0.4) is 0 Å². The maximum Gasteiger partial charge on any atom is 0.243 e. The number of guanidine groups is 1. The molecular weight excluding hydrogens is 955 g/mol. The second kappa shape index (κ2) is 28.7. The predicted octanol–water partition coefficient (Wildman–Crippen LogP) is -1.25. The number of carbonyl (C=O) groups excluding carboxylic acids is 9. The first-order valence-electron chi connectivity index (χ1n) is 24.8. The van der Waals surface area contributed by atoms with Crippen molar-refractivity contribution >= 4 is 70.0 Å². The lowest BCUT2D eigenvalue weighted by Gasteiger charge is -2.28. The number of nitrogens with two attached hydrogens (primary N) is 3. The molecule has 16 N–H and O–H groups in total. The molecule has 1 aliphatic rings. The van der Waals surface area contributed by atoms with E-state index in [-0.39, 0.29) is 76.8 Å². The first-order chi connectivity index (χ1) is 35.5. The highest BCUT2D eigenvalue weighted by Gasteiger charge is 2.35. The number of aromatic nitrogens is 3. The predicted molar refractivity (Wildman–Crippen MR) is 274 cm³/mol. The summed E-state index contributed by atoms with van der Waals surface area (Å²) in [6.07, 6.45) is 5.72. The molecular formula is C50H69N15O9. The number of hydrogen-bond donors (Lipinski definition) is 13. The van der Waals surface area contributed by atoms with E-state index in [1.807, 2.05) is 31.2 Å². The third-order valence-electron chi connectivity index (χ3n) is 12.3. The molecule has 0 bridgehead atoms. The number of para-hydroxylation sites is 1. The number of unbranched alkanes of at least 4 members (excludes halogenated alkanes) is 1. The molecule has 2 aromatic carbocycles. The number of H-pyrrole nitrogens is 2. The maximum absolute atomic E-state index is 14.7. The summed E-state index contributed by atoms with van der Waals surface area (Å²) in [4.78, 5) is 139. The molecule has 0 radical (unpaired) electrons. The van der Waals surface area contributed by atoms with Gasteiger partial charge in [-0.2, -0.15) is 0 Å². The standard InChI is InChI=1S/C50H69N15O9/c1-3-4-16-36(59-29(2)66)44(69)65-41-25-42(67)55-20-11-10-18-35(43(51)68)60-47(72)39(23-31-26-57-34-17-9-8-15-33(31)34)63-45(70)37(19-12-21-56-50(52)53)61-46(71)38(22-30-13-6-5-7-14-30)62-48(73)40(64-49(41)74)24-32-27-54-28-58-32/h5-9,13-15,17,26-28,35-41,57H,3-4,10-12,16,18-25H2,1-2H3,(H2,51,68)(H,54,58)(H,55,67)(H,59,66)(H,60,72)(H,61,71)(H,62,73)(H,63,70)(H,64,74)(H,65,69)(H4,52,53,56)/t35-,36-,37-,38?,39-,40-,41-/m0/s1. The fraction of sp³-hybridized carbons (Fsp3) is 0.460. The molecule has 5 rings (SSSR count). The van der Waals surface area contributed by atoms with E-state index in [4.69, 9.17) is 17.2 Å². The SMILES string of the molecule is CCCC[C@H](NC(C)=O)C(=O)N[C@H]1CC(=O)NCCCC[C@@H](C(N)=O)NC(=O)[C@H](Cc2c[nH]c3ccccc23)NC(=O)[C@H](CCCN=C(N)N)NC(=O)C(Cc2ccccc2)NC(=O)[C@H](Cc2cnc[nH]2)NC1=O. The van der Waals surface area contributed by atoms with E-state index in [1.165, 1.54) is 19.4 Å². The lowest BCUT2D eigenvalue weighted by atomic mass is 10.0. The number of aromatic amines is 2. The van der Waals surface area contributed by atoms with Crippen LogP contribution in [-0.2, 0) is 62.4 Å². The van der Waals surface area contributed by atoms with Crippen molar-refractivity contribution in [2.75, 3.05) is 13.1 Å². The van der Waals surface area contributed by atoms with Crippen LogP contribution in [0, 0.1) is 0 Å². The number of rotatable bonds is 17. The summed E-state index contributed by atoms with van der Waals surface area (Å²) in [6, 6.07) is 6.67. The summed E-state index contributed by atoms with van der Waals surface area (Å²) in [7, 11) is 0. The van der Waals surface area contributed by atoms with Crippen LogP contribution in [0.2, 0.25) is 0 Å². The Hall–Kier alpha value is -8.31. The Labute approximate surface area is 428 Å². The molecule has 24 heteroatoms. The number of nitrogens with zero attached hydrogens (tertiary/aromatic N) is 2. The zero-order valence-electron chi connectivity index (χ0n) is 41.7. The number of nitrogens with one attached hydrogen (secondary N) is 10. The summed E-state index contributed by atoms with van der Waals surface area (Å²) in [5.74, 6) is -7.10. The summed E-state index contributed by atoms with van der Waals surface area (Å²) >= 11 is 0. The van der Waals surface area contributed by atoms with Crippen LogP contribution < -0.4 is 59.7 Å². The van der Waals surface area contributed by atoms with Gasteiger partial charge >= 0.3 is 0 Å². The molecule has 74 heavy (non-hydrogen) atoms. The first-order valence-corrected chi connectivity index (χ1v) is 24.8. The monoisotopic (exact) mass is 1020 g/mol. The number of fused-ring (bicyclic) bond motifs is 1. The summed E-state index contributed by atoms with van der Waals surface area (Å²) in [5, 5.41) is 22.4. The van der Waals surface area contributed by atoms with Crippen LogP contribution in [0.15, 0.2) is 78.3 Å². The number of benzene rings is 2. The molecule has 0 aliphatic carbocycles. The lowest BCUT2D eigenvalue weighted by molar-refractivity contribution is -0.136. The van der Waals surface area contributed by atoms with Gasteiger partial charge in [0.25, 0.3) is 0 Å². The third kappa shape index (κ3) is 18.1. The van der Waals surface area contributed by atoms with Gasteiger partial charge in [0.05, 0.1) is 12.7 Å². The van der Waals surface area contributed by atoms with Gasteiger partial charge in [-0.05, 0) is 55.7 Å². The molecule has 9 amide bonds. The van der Waals surface area contributed by atoms with E-state index < -0.39 is 102 Å². The van der Waals surface area contributed by atoms with Gasteiger partial charge in [0.2, 0.25) is 53.2 Å². The molecule has 398 valence electrons. The first kappa shape index (κ1) is 56.6. The fourth-order valence-corrected chi connectivity index (χ4v) is 8.40. The molecule has 24 nitrogen and oxygen atoms in total. The smallest absolute Gasteiger partial charge is 0.243 e. The molecule has 3 heterocycles. The summed E-state index contributed by atoms with van der Waals surface area (Å²) in [6.45, 7) is 3.26. The Morgan fingerprint density at radius 2 is 1.41 bits per heavy atom. The van der Waals surface area contributed by atoms with Crippen molar-refractivity contribution < 1.29 is 43.2 Å². The number of aliphatic imine (C=N–C) groups is 1. The van der Waals surface area contributed by atoms with E-state index in [1.54, 1.807) is 36.5 Å². The average molecular weight is 1020 g/mol. The third-order valence-corrected chi connectivity index (χ3v) is 12.3. The molecule has 0 saturated carbocycles. The Morgan fingerprint density at radius 1 is 0.757 bits per heavy atom. The van der Waals surface area contributed by atoms with E-state index in [9.17, 15) is 43.2 Å². The molecule has 1 aliphatic heterocycles. The molecule has 1 saturated heterocycles. The van der Waals surface area contributed by atoms with Gasteiger partial charge in [0.15, 0.2) is 5.96 Å². The van der Waals surface area contributed by atoms with Crippen molar-refractivity contribution in [1.82, 2.24) is 57.5 Å². The van der Waals surface area contributed by atoms with Crippen LogP contribution in [0.4, 0.5) is 0 Å².